The Kier molecular flexibility index (Phi) is 3.97. The molecule has 0 spiro atoms. The molecular formula is C13H18ClN3O. The molecule has 1 fully saturated rings. The lowest BCUT2D eigenvalue weighted by molar-refractivity contribution is -0.122. The molecule has 18 heavy (non-hydrogen) atoms. The summed E-state index contributed by atoms with van der Waals surface area (Å²) in [5.74, 6) is 0.0642. The molecule has 1 saturated heterocycles. The van der Waals surface area contributed by atoms with Crippen LogP contribution < -0.4 is 16.0 Å². The maximum atomic E-state index is 12.0. The van der Waals surface area contributed by atoms with Crippen LogP contribution in [0.25, 0.3) is 0 Å². The smallest absolute Gasteiger partial charge is 0.242 e. The van der Waals surface area contributed by atoms with E-state index in [0.29, 0.717) is 10.7 Å². The topological polar surface area (TPSA) is 58.4 Å². The zero-order valence-electron chi connectivity index (χ0n) is 10.4. The fourth-order valence-corrected chi connectivity index (χ4v) is 2.45. The molecule has 0 aromatic heterocycles. The van der Waals surface area contributed by atoms with E-state index in [1.54, 1.807) is 18.2 Å². The van der Waals surface area contributed by atoms with E-state index < -0.39 is 0 Å². The fourth-order valence-electron chi connectivity index (χ4n) is 2.28. The molecule has 4 nitrogen and oxygen atoms in total. The number of rotatable bonds is 2. The quantitative estimate of drug-likeness (QED) is 0.806. The maximum absolute atomic E-state index is 12.0. The largest absolute Gasteiger partial charge is 0.397 e. The summed E-state index contributed by atoms with van der Waals surface area (Å²) in [7, 11) is 1.89. The van der Waals surface area contributed by atoms with Gasteiger partial charge in [-0.1, -0.05) is 11.6 Å². The zero-order valence-corrected chi connectivity index (χ0v) is 11.2. The van der Waals surface area contributed by atoms with Crippen LogP contribution in [0.5, 0.6) is 0 Å². The molecule has 2 rings (SSSR count). The standard InChI is InChI=1S/C13H18ClN3O/c1-17(11-4-2-3-7-16-13(11)18)12-8-9(14)5-6-10(12)15/h5-6,8,11H,2-4,7,15H2,1H3,(H,16,18). The number of nitrogen functional groups attached to an aromatic ring is 1. The molecule has 0 radical (unpaired) electrons. The number of anilines is 2. The number of nitrogens with one attached hydrogen (secondary N) is 1. The van der Waals surface area contributed by atoms with Gasteiger partial charge in [-0.05, 0) is 37.5 Å². The summed E-state index contributed by atoms with van der Waals surface area (Å²) in [5, 5.41) is 3.55. The summed E-state index contributed by atoms with van der Waals surface area (Å²) < 4.78 is 0. The van der Waals surface area contributed by atoms with Crippen LogP contribution >= 0.6 is 11.6 Å². The zero-order chi connectivity index (χ0) is 13.1. The minimum absolute atomic E-state index is 0.0642. The van der Waals surface area contributed by atoms with Gasteiger partial charge in [-0.3, -0.25) is 4.79 Å². The molecule has 0 bridgehead atoms. The van der Waals surface area contributed by atoms with E-state index in [1.807, 2.05) is 11.9 Å². The van der Waals surface area contributed by atoms with Gasteiger partial charge in [0, 0.05) is 18.6 Å². The van der Waals surface area contributed by atoms with Crippen molar-refractivity contribution in [2.45, 2.75) is 25.3 Å². The van der Waals surface area contributed by atoms with E-state index in [9.17, 15) is 4.79 Å². The summed E-state index contributed by atoms with van der Waals surface area (Å²) in [6, 6.07) is 5.15. The molecule has 5 heteroatoms. The average molecular weight is 268 g/mol. The number of nitrogens with two attached hydrogens (primary N) is 1. The van der Waals surface area contributed by atoms with Crippen molar-refractivity contribution in [3.05, 3.63) is 23.2 Å². The minimum Gasteiger partial charge on any atom is -0.397 e. The molecule has 1 atom stereocenters. The number of amides is 1. The third kappa shape index (κ3) is 2.70. The van der Waals surface area contributed by atoms with Crippen LogP contribution in [0.4, 0.5) is 11.4 Å². The number of nitrogens with zero attached hydrogens (tertiary/aromatic N) is 1. The van der Waals surface area contributed by atoms with Gasteiger partial charge < -0.3 is 16.0 Å². The van der Waals surface area contributed by atoms with Crippen LogP contribution in [0.3, 0.4) is 0 Å². The van der Waals surface area contributed by atoms with Gasteiger partial charge >= 0.3 is 0 Å². The Bertz CT molecular complexity index is 450. The molecule has 1 aliphatic heterocycles. The number of carbonyl (C=O) groups is 1. The molecule has 0 saturated carbocycles. The Morgan fingerprint density at radius 3 is 3.00 bits per heavy atom. The molecule has 1 aliphatic rings. The van der Waals surface area contributed by atoms with Gasteiger partial charge in [0.05, 0.1) is 11.4 Å². The Hall–Kier alpha value is -1.42. The van der Waals surface area contributed by atoms with Crippen molar-refractivity contribution < 1.29 is 4.79 Å². The van der Waals surface area contributed by atoms with Crippen LogP contribution in [-0.4, -0.2) is 25.5 Å². The Morgan fingerprint density at radius 1 is 1.44 bits per heavy atom. The van der Waals surface area contributed by atoms with Crippen LogP contribution in [0.1, 0.15) is 19.3 Å². The lowest BCUT2D eigenvalue weighted by Gasteiger charge is -2.29. The van der Waals surface area contributed by atoms with Crippen LogP contribution in [0.2, 0.25) is 5.02 Å². The summed E-state index contributed by atoms with van der Waals surface area (Å²) in [4.78, 5) is 13.9. The van der Waals surface area contributed by atoms with Crippen molar-refractivity contribution in [2.24, 2.45) is 0 Å². The third-order valence-electron chi connectivity index (χ3n) is 3.35. The highest BCUT2D eigenvalue weighted by atomic mass is 35.5. The van der Waals surface area contributed by atoms with E-state index >= 15 is 0 Å². The predicted octanol–water partition coefficient (Wildman–Crippen LogP) is 2.03. The number of benzene rings is 1. The molecule has 3 N–H and O–H groups in total. The second-order valence-corrected chi connectivity index (χ2v) is 5.05. The van der Waals surface area contributed by atoms with E-state index in [0.717, 1.165) is 31.5 Å². The van der Waals surface area contributed by atoms with Crippen molar-refractivity contribution in [3.63, 3.8) is 0 Å². The van der Waals surface area contributed by atoms with Gasteiger partial charge in [0.2, 0.25) is 5.91 Å². The number of hydrogen-bond donors (Lipinski definition) is 2. The van der Waals surface area contributed by atoms with Crippen LogP contribution in [0, 0.1) is 0 Å². The highest BCUT2D eigenvalue weighted by molar-refractivity contribution is 6.31. The van der Waals surface area contributed by atoms with Crippen LogP contribution in [0.15, 0.2) is 18.2 Å². The Labute approximate surface area is 112 Å². The van der Waals surface area contributed by atoms with Crippen molar-refractivity contribution in [2.75, 3.05) is 24.2 Å². The second-order valence-electron chi connectivity index (χ2n) is 4.62. The second kappa shape index (κ2) is 5.48. The Morgan fingerprint density at radius 2 is 2.22 bits per heavy atom. The number of hydrogen-bond acceptors (Lipinski definition) is 3. The minimum atomic E-state index is -0.173. The maximum Gasteiger partial charge on any atom is 0.242 e. The number of halogens is 1. The van der Waals surface area contributed by atoms with Crippen molar-refractivity contribution >= 4 is 28.9 Å². The summed E-state index contributed by atoms with van der Waals surface area (Å²) >= 11 is 5.99. The van der Waals surface area contributed by atoms with E-state index in [4.69, 9.17) is 17.3 Å². The molecule has 98 valence electrons. The van der Waals surface area contributed by atoms with Gasteiger partial charge in [0.15, 0.2) is 0 Å². The predicted molar refractivity (Wildman–Crippen MR) is 74.9 cm³/mol. The van der Waals surface area contributed by atoms with E-state index in [1.165, 1.54) is 0 Å². The van der Waals surface area contributed by atoms with Crippen molar-refractivity contribution in [1.82, 2.24) is 5.32 Å². The van der Waals surface area contributed by atoms with Gasteiger partial charge in [-0.2, -0.15) is 0 Å². The highest BCUT2D eigenvalue weighted by Gasteiger charge is 2.25. The van der Waals surface area contributed by atoms with Gasteiger partial charge in [0.1, 0.15) is 6.04 Å². The first-order valence-electron chi connectivity index (χ1n) is 6.15. The summed E-state index contributed by atoms with van der Waals surface area (Å²) in [6.07, 6.45) is 2.91. The van der Waals surface area contributed by atoms with Gasteiger partial charge in [0.25, 0.3) is 0 Å². The summed E-state index contributed by atoms with van der Waals surface area (Å²) in [5.41, 5.74) is 7.40. The molecular weight excluding hydrogens is 250 g/mol. The van der Waals surface area contributed by atoms with E-state index in [2.05, 4.69) is 5.32 Å². The first kappa shape index (κ1) is 13.0. The van der Waals surface area contributed by atoms with Crippen molar-refractivity contribution in [1.29, 1.82) is 0 Å². The molecule has 1 unspecified atom stereocenters. The van der Waals surface area contributed by atoms with Crippen molar-refractivity contribution in [3.8, 4) is 0 Å². The number of carbonyl (C=O) groups excluding carboxylic acids is 1. The van der Waals surface area contributed by atoms with E-state index in [-0.39, 0.29) is 11.9 Å². The van der Waals surface area contributed by atoms with Gasteiger partial charge in [-0.25, -0.2) is 0 Å². The molecule has 1 aromatic rings. The first-order valence-corrected chi connectivity index (χ1v) is 6.53. The average Bonchev–Trinajstić information content (AvgIpc) is 2.56. The molecule has 1 heterocycles. The van der Waals surface area contributed by atoms with Crippen LogP contribution in [-0.2, 0) is 4.79 Å². The summed E-state index contributed by atoms with van der Waals surface area (Å²) in [6.45, 7) is 0.758. The lowest BCUT2D eigenvalue weighted by atomic mass is 10.1. The lowest BCUT2D eigenvalue weighted by Crippen LogP contribution is -2.44. The molecule has 0 aliphatic carbocycles. The highest BCUT2D eigenvalue weighted by Crippen LogP contribution is 2.28. The monoisotopic (exact) mass is 267 g/mol. The SMILES string of the molecule is CN(c1cc(Cl)ccc1N)C1CCCCNC1=O. The first-order chi connectivity index (χ1) is 8.59. The van der Waals surface area contributed by atoms with Gasteiger partial charge in [-0.15, -0.1) is 0 Å². The molecule has 1 amide bonds. The Balaban J connectivity index is 2.26. The third-order valence-corrected chi connectivity index (χ3v) is 3.58. The normalized spacial score (nSPS) is 20.1. The number of likely N-dealkylation sites (N-methyl/N-ethyl adjacent to an activating group) is 1. The molecule has 1 aromatic carbocycles. The fraction of sp³-hybridized carbons (Fsp3) is 0.462.